The van der Waals surface area contributed by atoms with Gasteiger partial charge in [0.2, 0.25) is 0 Å². The number of hydrogen-bond donors (Lipinski definition) is 0. The zero-order valence-corrected chi connectivity index (χ0v) is 10.4. The molecule has 2 aromatic rings. The van der Waals surface area contributed by atoms with Crippen LogP contribution in [0.3, 0.4) is 0 Å². The zero-order chi connectivity index (χ0) is 12.6. The molecule has 3 rings (SSSR count). The normalized spacial score (nSPS) is 25.4. The molecule has 2 atom stereocenters. The van der Waals surface area contributed by atoms with Crippen LogP contribution in [-0.4, -0.2) is 0 Å². The smallest absolute Gasteiger partial charge is 0.0897 e. The molecule has 0 unspecified atom stereocenters. The minimum absolute atomic E-state index is 0.295. The first kappa shape index (κ1) is 11.0. The number of nitriles is 1. The van der Waals surface area contributed by atoms with Crippen molar-refractivity contribution in [3.05, 3.63) is 71.3 Å². The van der Waals surface area contributed by atoms with Crippen molar-refractivity contribution in [3.8, 4) is 6.07 Å². The summed E-state index contributed by atoms with van der Waals surface area (Å²) in [7, 11) is 0. The molecule has 0 aliphatic heterocycles. The van der Waals surface area contributed by atoms with Crippen LogP contribution in [0.15, 0.2) is 54.6 Å². The second kappa shape index (κ2) is 3.99. The predicted octanol–water partition coefficient (Wildman–Crippen LogP) is 3.94. The summed E-state index contributed by atoms with van der Waals surface area (Å²) in [6.45, 7) is 2.09. The molecule has 0 N–H and O–H groups in total. The number of hydrogen-bond acceptors (Lipinski definition) is 1. The summed E-state index contributed by atoms with van der Waals surface area (Å²) in [5.74, 6) is 0.352. The van der Waals surface area contributed by atoms with E-state index in [1.54, 1.807) is 0 Å². The molecule has 18 heavy (non-hydrogen) atoms. The maximum atomic E-state index is 9.55. The van der Waals surface area contributed by atoms with Crippen molar-refractivity contribution < 1.29 is 0 Å². The van der Waals surface area contributed by atoms with E-state index in [0.29, 0.717) is 5.92 Å². The average Bonchev–Trinajstić information content (AvgIpc) is 3.17. The molecule has 1 saturated carbocycles. The van der Waals surface area contributed by atoms with Crippen LogP contribution in [0.1, 0.15) is 29.0 Å². The molecule has 0 radical (unpaired) electrons. The van der Waals surface area contributed by atoms with Gasteiger partial charge in [-0.05, 0) is 24.5 Å². The molecular weight excluding hydrogens is 218 g/mol. The Morgan fingerprint density at radius 2 is 1.72 bits per heavy atom. The lowest BCUT2D eigenvalue weighted by Crippen LogP contribution is -2.06. The van der Waals surface area contributed by atoms with Crippen LogP contribution in [0.5, 0.6) is 0 Å². The van der Waals surface area contributed by atoms with Gasteiger partial charge in [-0.3, -0.25) is 0 Å². The molecule has 0 spiro atoms. The van der Waals surface area contributed by atoms with E-state index < -0.39 is 0 Å². The fraction of sp³-hybridized carbons (Fsp3) is 0.235. The van der Waals surface area contributed by atoms with Gasteiger partial charge < -0.3 is 0 Å². The van der Waals surface area contributed by atoms with Gasteiger partial charge >= 0.3 is 0 Å². The largest absolute Gasteiger partial charge is 0.197 e. The van der Waals surface area contributed by atoms with Gasteiger partial charge in [0.1, 0.15) is 0 Å². The van der Waals surface area contributed by atoms with Gasteiger partial charge in [0.05, 0.1) is 11.5 Å². The number of nitrogens with zero attached hydrogens (tertiary/aromatic N) is 1. The molecule has 1 aliphatic rings. The molecule has 0 amide bonds. The van der Waals surface area contributed by atoms with Crippen LogP contribution in [0, 0.1) is 18.3 Å². The van der Waals surface area contributed by atoms with Crippen LogP contribution in [-0.2, 0) is 5.41 Å². The molecule has 0 heterocycles. The van der Waals surface area contributed by atoms with Crippen molar-refractivity contribution in [2.75, 3.05) is 0 Å². The van der Waals surface area contributed by atoms with Crippen LogP contribution in [0.2, 0.25) is 0 Å². The summed E-state index contributed by atoms with van der Waals surface area (Å²) in [6, 6.07) is 21.3. The van der Waals surface area contributed by atoms with Crippen molar-refractivity contribution in [2.24, 2.45) is 0 Å². The van der Waals surface area contributed by atoms with Crippen LogP contribution >= 0.6 is 0 Å². The van der Waals surface area contributed by atoms with E-state index in [2.05, 4.69) is 49.4 Å². The molecule has 2 aromatic carbocycles. The molecule has 0 saturated heterocycles. The Kier molecular flexibility index (Phi) is 2.45. The summed E-state index contributed by atoms with van der Waals surface area (Å²) < 4.78 is 0. The second-order valence-corrected chi connectivity index (χ2v) is 5.12. The Labute approximate surface area is 108 Å². The van der Waals surface area contributed by atoms with Crippen LogP contribution < -0.4 is 0 Å². The average molecular weight is 233 g/mol. The van der Waals surface area contributed by atoms with E-state index in [4.69, 9.17) is 0 Å². The van der Waals surface area contributed by atoms with Crippen molar-refractivity contribution in [1.29, 1.82) is 5.26 Å². The molecule has 88 valence electrons. The molecule has 1 aliphatic carbocycles. The lowest BCUT2D eigenvalue weighted by atomic mass is 9.92. The second-order valence-electron chi connectivity index (χ2n) is 5.12. The highest BCUT2D eigenvalue weighted by molar-refractivity contribution is 5.49. The van der Waals surface area contributed by atoms with Gasteiger partial charge in [0.25, 0.3) is 0 Å². The third-order valence-electron chi connectivity index (χ3n) is 3.93. The Balaban J connectivity index is 1.95. The zero-order valence-electron chi connectivity index (χ0n) is 10.4. The van der Waals surface area contributed by atoms with E-state index in [1.165, 1.54) is 11.1 Å². The maximum Gasteiger partial charge on any atom is 0.0897 e. The highest BCUT2D eigenvalue weighted by atomic mass is 14.6. The van der Waals surface area contributed by atoms with Gasteiger partial charge in [-0.1, -0.05) is 60.2 Å². The van der Waals surface area contributed by atoms with Gasteiger partial charge in [-0.25, -0.2) is 0 Å². The van der Waals surface area contributed by atoms with E-state index in [0.717, 1.165) is 12.0 Å². The van der Waals surface area contributed by atoms with Crippen molar-refractivity contribution in [1.82, 2.24) is 0 Å². The molecular formula is C17H15N. The van der Waals surface area contributed by atoms with Gasteiger partial charge in [-0.2, -0.15) is 5.26 Å². The molecule has 0 bridgehead atoms. The van der Waals surface area contributed by atoms with Crippen molar-refractivity contribution >= 4 is 0 Å². The van der Waals surface area contributed by atoms with Crippen LogP contribution in [0.4, 0.5) is 0 Å². The highest BCUT2D eigenvalue weighted by Gasteiger charge is 2.56. The highest BCUT2D eigenvalue weighted by Crippen LogP contribution is 2.59. The Bertz CT molecular complexity index is 592. The predicted molar refractivity (Wildman–Crippen MR) is 72.3 cm³/mol. The fourth-order valence-electron chi connectivity index (χ4n) is 2.71. The van der Waals surface area contributed by atoms with E-state index in [9.17, 15) is 5.26 Å². The SMILES string of the molecule is Cc1ccc([C@H]2C[C@@]2(C#N)c2ccccc2)cc1. The maximum absolute atomic E-state index is 9.55. The minimum atomic E-state index is -0.295. The third kappa shape index (κ3) is 1.62. The number of rotatable bonds is 2. The third-order valence-corrected chi connectivity index (χ3v) is 3.93. The standard InChI is InChI=1S/C17H15N/c1-13-7-9-14(10-8-13)16-11-17(16,12-18)15-5-3-2-4-6-15/h2-10,16H,11H2,1H3/t16-,17-/m1/s1. The van der Waals surface area contributed by atoms with Crippen molar-refractivity contribution in [3.63, 3.8) is 0 Å². The van der Waals surface area contributed by atoms with Crippen LogP contribution in [0.25, 0.3) is 0 Å². The van der Waals surface area contributed by atoms with E-state index >= 15 is 0 Å². The molecule has 0 aromatic heterocycles. The monoisotopic (exact) mass is 233 g/mol. The summed E-state index contributed by atoms with van der Waals surface area (Å²) in [5.41, 5.74) is 3.40. The first-order chi connectivity index (χ1) is 8.76. The summed E-state index contributed by atoms with van der Waals surface area (Å²) in [5, 5.41) is 9.55. The minimum Gasteiger partial charge on any atom is -0.197 e. The first-order valence-corrected chi connectivity index (χ1v) is 6.29. The first-order valence-electron chi connectivity index (χ1n) is 6.29. The molecule has 1 nitrogen and oxygen atoms in total. The topological polar surface area (TPSA) is 23.8 Å². The van der Waals surface area contributed by atoms with Gasteiger partial charge in [0.15, 0.2) is 0 Å². The lowest BCUT2D eigenvalue weighted by molar-refractivity contribution is 0.856. The molecule has 1 heteroatoms. The number of aryl methyl sites for hydroxylation is 1. The summed E-state index contributed by atoms with van der Waals surface area (Å²) >= 11 is 0. The fourth-order valence-corrected chi connectivity index (χ4v) is 2.71. The van der Waals surface area contributed by atoms with E-state index in [-0.39, 0.29) is 5.41 Å². The Morgan fingerprint density at radius 1 is 1.06 bits per heavy atom. The van der Waals surface area contributed by atoms with E-state index in [1.807, 2.05) is 18.2 Å². The summed E-state index contributed by atoms with van der Waals surface area (Å²) in [4.78, 5) is 0. The quantitative estimate of drug-likeness (QED) is 0.770. The lowest BCUT2D eigenvalue weighted by Gasteiger charge is -2.09. The Hall–Kier alpha value is -2.07. The summed E-state index contributed by atoms with van der Waals surface area (Å²) in [6.07, 6.45) is 0.941. The van der Waals surface area contributed by atoms with Crippen molar-refractivity contribution in [2.45, 2.75) is 24.7 Å². The Morgan fingerprint density at radius 3 is 2.33 bits per heavy atom. The molecule has 1 fully saturated rings. The van der Waals surface area contributed by atoms with Gasteiger partial charge in [-0.15, -0.1) is 0 Å². The number of benzene rings is 2. The van der Waals surface area contributed by atoms with Gasteiger partial charge in [0, 0.05) is 5.92 Å².